The molecular formula is C28H30N6O3. The number of aryl methyl sites for hydroxylation is 1. The maximum atomic E-state index is 12.7. The summed E-state index contributed by atoms with van der Waals surface area (Å²) in [5, 5.41) is 9.63. The summed E-state index contributed by atoms with van der Waals surface area (Å²) in [6, 6.07) is 23.1. The molecule has 0 bridgehead atoms. The Hall–Kier alpha value is -4.53. The Labute approximate surface area is 215 Å². The summed E-state index contributed by atoms with van der Waals surface area (Å²) in [5.74, 6) is -1.10. The van der Waals surface area contributed by atoms with Gasteiger partial charge in [0.2, 0.25) is 5.95 Å². The number of anilines is 1. The van der Waals surface area contributed by atoms with Crippen molar-refractivity contribution in [2.24, 2.45) is 0 Å². The number of aromatic nitrogens is 4. The van der Waals surface area contributed by atoms with Gasteiger partial charge in [0.1, 0.15) is 5.82 Å². The molecule has 4 rings (SSSR count). The summed E-state index contributed by atoms with van der Waals surface area (Å²) >= 11 is 0. The highest BCUT2D eigenvalue weighted by Gasteiger charge is 2.20. The van der Waals surface area contributed by atoms with Crippen LogP contribution in [0, 0.1) is 6.92 Å². The fourth-order valence-electron chi connectivity index (χ4n) is 4.09. The highest BCUT2D eigenvalue weighted by Crippen LogP contribution is 2.27. The second kappa shape index (κ2) is 11.5. The van der Waals surface area contributed by atoms with E-state index in [2.05, 4.69) is 50.0 Å². The van der Waals surface area contributed by atoms with Crippen molar-refractivity contribution in [1.82, 2.24) is 25.1 Å². The van der Waals surface area contributed by atoms with Crippen LogP contribution in [0.2, 0.25) is 0 Å². The third kappa shape index (κ3) is 6.38. The monoisotopic (exact) mass is 498 g/mol. The third-order valence-electron chi connectivity index (χ3n) is 5.94. The van der Waals surface area contributed by atoms with Gasteiger partial charge in [-0.25, -0.2) is 4.98 Å². The molecule has 2 heterocycles. The Bertz CT molecular complexity index is 1390. The number of nitrogens with zero attached hydrogens (tertiary/aromatic N) is 3. The fourth-order valence-corrected chi connectivity index (χ4v) is 4.09. The first-order valence-electron chi connectivity index (χ1n) is 12.2. The maximum absolute atomic E-state index is 12.7. The van der Waals surface area contributed by atoms with E-state index in [1.54, 1.807) is 13.0 Å². The summed E-state index contributed by atoms with van der Waals surface area (Å²) in [5.41, 5.74) is 3.12. The molecule has 4 aromatic rings. The normalized spacial score (nSPS) is 11.1. The lowest BCUT2D eigenvalue weighted by Gasteiger charge is -2.18. The molecule has 9 heteroatoms. The number of aromatic amines is 1. The van der Waals surface area contributed by atoms with Gasteiger partial charge in [0.25, 0.3) is 5.56 Å². The predicted molar refractivity (Wildman–Crippen MR) is 142 cm³/mol. The van der Waals surface area contributed by atoms with Crippen molar-refractivity contribution in [3.05, 3.63) is 106 Å². The van der Waals surface area contributed by atoms with E-state index in [1.807, 2.05) is 50.2 Å². The minimum Gasteiger partial charge on any atom is -0.348 e. The van der Waals surface area contributed by atoms with Crippen molar-refractivity contribution < 1.29 is 9.59 Å². The highest BCUT2D eigenvalue weighted by molar-refractivity contribution is 6.39. The zero-order valence-electron chi connectivity index (χ0n) is 21.1. The van der Waals surface area contributed by atoms with Crippen LogP contribution in [0.3, 0.4) is 0 Å². The average Bonchev–Trinajstić information content (AvgIpc) is 3.26. The van der Waals surface area contributed by atoms with Crippen molar-refractivity contribution >= 4 is 17.6 Å². The van der Waals surface area contributed by atoms with Gasteiger partial charge < -0.3 is 10.6 Å². The zero-order chi connectivity index (χ0) is 26.4. The van der Waals surface area contributed by atoms with Crippen molar-refractivity contribution in [2.45, 2.75) is 39.0 Å². The van der Waals surface area contributed by atoms with Crippen LogP contribution in [-0.4, -0.2) is 38.1 Å². The highest BCUT2D eigenvalue weighted by atomic mass is 16.2. The lowest BCUT2D eigenvalue weighted by Crippen LogP contribution is -2.37. The molecular weight excluding hydrogens is 468 g/mol. The number of hydrogen-bond acceptors (Lipinski definition) is 5. The van der Waals surface area contributed by atoms with Gasteiger partial charge in [0.15, 0.2) is 0 Å². The van der Waals surface area contributed by atoms with Gasteiger partial charge in [-0.2, -0.15) is 9.78 Å². The number of rotatable bonds is 8. The minimum atomic E-state index is -0.834. The van der Waals surface area contributed by atoms with Crippen LogP contribution in [0.4, 0.5) is 5.82 Å². The van der Waals surface area contributed by atoms with Gasteiger partial charge in [-0.15, -0.1) is 0 Å². The Morgan fingerprint density at radius 2 is 1.57 bits per heavy atom. The molecule has 0 atom stereocenters. The summed E-state index contributed by atoms with van der Waals surface area (Å²) < 4.78 is 1.31. The van der Waals surface area contributed by atoms with Crippen LogP contribution < -0.4 is 16.2 Å². The van der Waals surface area contributed by atoms with E-state index in [-0.39, 0.29) is 29.2 Å². The second-order valence-corrected chi connectivity index (χ2v) is 9.10. The van der Waals surface area contributed by atoms with Crippen molar-refractivity contribution in [3.8, 4) is 5.95 Å². The summed E-state index contributed by atoms with van der Waals surface area (Å²) in [6.45, 7) is 5.90. The first-order valence-corrected chi connectivity index (χ1v) is 12.2. The molecule has 0 unspecified atom stereocenters. The van der Waals surface area contributed by atoms with E-state index < -0.39 is 11.8 Å². The molecule has 0 spiro atoms. The first-order chi connectivity index (χ1) is 17.8. The van der Waals surface area contributed by atoms with Gasteiger partial charge in [-0.05, 0) is 30.4 Å². The first kappa shape index (κ1) is 25.6. The molecule has 2 aromatic heterocycles. The molecule has 2 aromatic carbocycles. The van der Waals surface area contributed by atoms with Crippen molar-refractivity contribution in [1.29, 1.82) is 0 Å². The molecule has 9 nitrogen and oxygen atoms in total. The molecule has 0 aliphatic carbocycles. The van der Waals surface area contributed by atoms with Crippen LogP contribution in [0.5, 0.6) is 0 Å². The standard InChI is InChI=1S/C28H30N6O3/c1-18(2)23-17-25(35)32-28(30-23)34-24(16-19(3)33-34)31-27(37)26(36)29-15-14-22(20-10-6-4-7-11-20)21-12-8-5-9-13-21/h4-13,16-18,22H,14-15H2,1-3H3,(H,29,36)(H,31,37)(H,30,32,35). The number of H-pyrrole nitrogens is 1. The van der Waals surface area contributed by atoms with E-state index in [1.165, 1.54) is 10.7 Å². The smallest absolute Gasteiger partial charge is 0.314 e. The molecule has 0 fully saturated rings. The Morgan fingerprint density at radius 1 is 0.946 bits per heavy atom. The molecule has 3 N–H and O–H groups in total. The van der Waals surface area contributed by atoms with E-state index in [4.69, 9.17) is 0 Å². The lowest BCUT2D eigenvalue weighted by molar-refractivity contribution is -0.136. The van der Waals surface area contributed by atoms with Gasteiger partial charge in [-0.1, -0.05) is 74.5 Å². The van der Waals surface area contributed by atoms with Crippen molar-refractivity contribution in [3.63, 3.8) is 0 Å². The maximum Gasteiger partial charge on any atom is 0.314 e. The fraction of sp³-hybridized carbons (Fsp3) is 0.250. The molecule has 2 amide bonds. The Morgan fingerprint density at radius 3 is 2.16 bits per heavy atom. The van der Waals surface area contributed by atoms with Crippen LogP contribution in [0.25, 0.3) is 5.95 Å². The number of carbonyl (C=O) groups is 2. The average molecular weight is 499 g/mol. The Balaban J connectivity index is 1.44. The van der Waals surface area contributed by atoms with Gasteiger partial charge >= 0.3 is 11.8 Å². The van der Waals surface area contributed by atoms with E-state index >= 15 is 0 Å². The molecule has 37 heavy (non-hydrogen) atoms. The van der Waals surface area contributed by atoms with E-state index in [0.29, 0.717) is 24.4 Å². The molecule has 0 saturated heterocycles. The minimum absolute atomic E-state index is 0.0251. The van der Waals surface area contributed by atoms with E-state index in [0.717, 1.165) is 11.1 Å². The van der Waals surface area contributed by atoms with E-state index in [9.17, 15) is 14.4 Å². The van der Waals surface area contributed by atoms with Gasteiger partial charge in [0, 0.05) is 24.6 Å². The number of benzene rings is 2. The molecule has 190 valence electrons. The topological polar surface area (TPSA) is 122 Å². The van der Waals surface area contributed by atoms with Crippen LogP contribution >= 0.6 is 0 Å². The third-order valence-corrected chi connectivity index (χ3v) is 5.94. The van der Waals surface area contributed by atoms with Gasteiger partial charge in [0.05, 0.1) is 11.4 Å². The number of hydrogen-bond donors (Lipinski definition) is 3. The molecule has 0 radical (unpaired) electrons. The second-order valence-electron chi connectivity index (χ2n) is 9.10. The number of amides is 2. The van der Waals surface area contributed by atoms with Gasteiger partial charge in [-0.3, -0.25) is 19.4 Å². The number of carbonyl (C=O) groups excluding carboxylic acids is 2. The van der Waals surface area contributed by atoms with Crippen LogP contribution in [-0.2, 0) is 9.59 Å². The molecule has 0 aliphatic heterocycles. The largest absolute Gasteiger partial charge is 0.348 e. The van der Waals surface area contributed by atoms with Crippen molar-refractivity contribution in [2.75, 3.05) is 11.9 Å². The predicted octanol–water partition coefficient (Wildman–Crippen LogP) is 3.66. The molecule has 0 saturated carbocycles. The lowest BCUT2D eigenvalue weighted by atomic mass is 9.88. The SMILES string of the molecule is Cc1cc(NC(=O)C(=O)NCCC(c2ccccc2)c2ccccc2)n(-c2nc(C(C)C)cc(=O)[nH]2)n1. The summed E-state index contributed by atoms with van der Waals surface area (Å²) in [6.07, 6.45) is 0.622. The molecule has 0 aliphatic rings. The summed E-state index contributed by atoms with van der Waals surface area (Å²) in [7, 11) is 0. The van der Waals surface area contributed by atoms with Crippen LogP contribution in [0.15, 0.2) is 77.6 Å². The van der Waals surface area contributed by atoms with Crippen LogP contribution in [0.1, 0.15) is 54.6 Å². The summed E-state index contributed by atoms with van der Waals surface area (Å²) in [4.78, 5) is 44.5. The Kier molecular flexibility index (Phi) is 7.92. The zero-order valence-corrected chi connectivity index (χ0v) is 21.1. The quantitative estimate of drug-likeness (QED) is 0.320. The number of nitrogens with one attached hydrogen (secondary N) is 3.